The summed E-state index contributed by atoms with van der Waals surface area (Å²) in [6, 6.07) is 11.4. The van der Waals surface area contributed by atoms with Gasteiger partial charge in [-0.05, 0) is 26.3 Å². The van der Waals surface area contributed by atoms with Crippen molar-refractivity contribution in [3.8, 4) is 0 Å². The second-order valence-electron chi connectivity index (χ2n) is 4.75. The van der Waals surface area contributed by atoms with Crippen molar-refractivity contribution in [2.24, 2.45) is 0 Å². The SMILES string of the molecule is CC(C)(C)N1CC1c1ccccc1.[B]. The number of nitrogens with zero attached hydrogens (tertiary/aromatic N) is 1. The molecule has 1 heterocycles. The Morgan fingerprint density at radius 2 is 1.71 bits per heavy atom. The van der Waals surface area contributed by atoms with E-state index in [0.29, 0.717) is 11.6 Å². The van der Waals surface area contributed by atoms with Crippen molar-refractivity contribution in [2.45, 2.75) is 32.4 Å². The van der Waals surface area contributed by atoms with Gasteiger partial charge in [0.25, 0.3) is 0 Å². The van der Waals surface area contributed by atoms with Crippen LogP contribution in [-0.4, -0.2) is 25.4 Å². The molecule has 2 unspecified atom stereocenters. The highest BCUT2D eigenvalue weighted by Crippen LogP contribution is 2.40. The fourth-order valence-corrected chi connectivity index (χ4v) is 1.84. The molecule has 1 fully saturated rings. The van der Waals surface area contributed by atoms with Crippen LogP contribution < -0.4 is 0 Å². The molecule has 1 aliphatic rings. The Balaban J connectivity index is 0.000000980. The van der Waals surface area contributed by atoms with E-state index in [1.165, 1.54) is 12.1 Å². The van der Waals surface area contributed by atoms with Crippen LogP contribution in [0.2, 0.25) is 0 Å². The second kappa shape index (κ2) is 3.78. The zero-order valence-electron chi connectivity index (χ0n) is 9.20. The van der Waals surface area contributed by atoms with Crippen molar-refractivity contribution in [3.05, 3.63) is 35.9 Å². The van der Waals surface area contributed by atoms with E-state index < -0.39 is 0 Å². The van der Waals surface area contributed by atoms with E-state index in [2.05, 4.69) is 56.0 Å². The highest BCUT2D eigenvalue weighted by molar-refractivity contribution is 5.75. The van der Waals surface area contributed by atoms with E-state index in [-0.39, 0.29) is 8.41 Å². The molecule has 3 radical (unpaired) electrons. The normalized spacial score (nSPS) is 25.4. The summed E-state index contributed by atoms with van der Waals surface area (Å²) in [4.78, 5) is 2.52. The lowest BCUT2D eigenvalue weighted by atomic mass is 10.1. The van der Waals surface area contributed by atoms with Crippen LogP contribution in [0.4, 0.5) is 0 Å². The van der Waals surface area contributed by atoms with Crippen LogP contribution in [0.3, 0.4) is 0 Å². The molecule has 2 rings (SSSR count). The fraction of sp³-hybridized carbons (Fsp3) is 0.500. The summed E-state index contributed by atoms with van der Waals surface area (Å²) in [5.41, 5.74) is 1.78. The van der Waals surface area contributed by atoms with Gasteiger partial charge < -0.3 is 0 Å². The minimum Gasteiger partial charge on any atom is -0.288 e. The zero-order chi connectivity index (χ0) is 9.47. The maximum atomic E-state index is 2.52. The van der Waals surface area contributed by atoms with Crippen LogP contribution in [0.5, 0.6) is 0 Å². The molecule has 2 heteroatoms. The van der Waals surface area contributed by atoms with Gasteiger partial charge in [0, 0.05) is 26.5 Å². The van der Waals surface area contributed by atoms with E-state index in [1.54, 1.807) is 0 Å². The molecule has 14 heavy (non-hydrogen) atoms. The zero-order valence-corrected chi connectivity index (χ0v) is 9.20. The van der Waals surface area contributed by atoms with Crippen LogP contribution in [-0.2, 0) is 0 Å². The summed E-state index contributed by atoms with van der Waals surface area (Å²) in [6.45, 7) is 8.04. The molecular formula is C12H17BN. The van der Waals surface area contributed by atoms with Crippen LogP contribution in [0.1, 0.15) is 32.4 Å². The van der Waals surface area contributed by atoms with Gasteiger partial charge >= 0.3 is 0 Å². The Bertz CT molecular complexity index is 289. The average Bonchev–Trinajstić information content (AvgIpc) is 2.83. The van der Waals surface area contributed by atoms with Crippen LogP contribution in [0, 0.1) is 0 Å². The number of rotatable bonds is 1. The summed E-state index contributed by atoms with van der Waals surface area (Å²) >= 11 is 0. The topological polar surface area (TPSA) is 3.01 Å². The first-order valence-corrected chi connectivity index (χ1v) is 4.91. The van der Waals surface area contributed by atoms with Crippen molar-refractivity contribution < 1.29 is 0 Å². The maximum absolute atomic E-state index is 2.52. The Kier molecular flexibility index (Phi) is 3.05. The van der Waals surface area contributed by atoms with E-state index in [1.807, 2.05) is 0 Å². The summed E-state index contributed by atoms with van der Waals surface area (Å²) in [5, 5.41) is 0. The molecule has 0 bridgehead atoms. The largest absolute Gasteiger partial charge is 0.288 e. The molecule has 0 amide bonds. The second-order valence-corrected chi connectivity index (χ2v) is 4.75. The van der Waals surface area contributed by atoms with Gasteiger partial charge in [-0.2, -0.15) is 0 Å². The molecule has 0 spiro atoms. The number of hydrogen-bond donors (Lipinski definition) is 0. The van der Waals surface area contributed by atoms with Gasteiger partial charge in [-0.3, -0.25) is 4.90 Å². The molecule has 1 nitrogen and oxygen atoms in total. The lowest BCUT2D eigenvalue weighted by Gasteiger charge is -2.21. The van der Waals surface area contributed by atoms with Crippen LogP contribution >= 0.6 is 0 Å². The van der Waals surface area contributed by atoms with Crippen LogP contribution in [0.15, 0.2) is 30.3 Å². The summed E-state index contributed by atoms with van der Waals surface area (Å²) in [5.74, 6) is 0. The molecule has 1 aliphatic heterocycles. The van der Waals surface area contributed by atoms with E-state index in [9.17, 15) is 0 Å². The van der Waals surface area contributed by atoms with Crippen molar-refractivity contribution in [2.75, 3.05) is 6.54 Å². The minimum atomic E-state index is 0. The predicted molar refractivity (Wildman–Crippen MR) is 61.4 cm³/mol. The summed E-state index contributed by atoms with van der Waals surface area (Å²) in [6.07, 6.45) is 0. The van der Waals surface area contributed by atoms with Gasteiger partial charge in [0.05, 0.1) is 0 Å². The highest BCUT2D eigenvalue weighted by Gasteiger charge is 2.42. The minimum absolute atomic E-state index is 0. The number of benzene rings is 1. The first-order valence-electron chi connectivity index (χ1n) is 4.91. The van der Waals surface area contributed by atoms with Crippen molar-refractivity contribution in [3.63, 3.8) is 0 Å². The molecule has 1 aromatic rings. The van der Waals surface area contributed by atoms with Gasteiger partial charge in [0.1, 0.15) is 0 Å². The lowest BCUT2D eigenvalue weighted by molar-refractivity contribution is 0.287. The predicted octanol–water partition coefficient (Wildman–Crippen LogP) is 2.46. The Morgan fingerprint density at radius 3 is 2.14 bits per heavy atom. The Labute approximate surface area is 88.7 Å². The van der Waals surface area contributed by atoms with E-state index >= 15 is 0 Å². The van der Waals surface area contributed by atoms with Gasteiger partial charge in [0.2, 0.25) is 0 Å². The van der Waals surface area contributed by atoms with E-state index in [4.69, 9.17) is 0 Å². The molecular weight excluding hydrogens is 169 g/mol. The molecule has 0 N–H and O–H groups in total. The van der Waals surface area contributed by atoms with Gasteiger partial charge in [0.15, 0.2) is 0 Å². The number of hydrogen-bond acceptors (Lipinski definition) is 1. The smallest absolute Gasteiger partial charge is 0.0481 e. The monoisotopic (exact) mass is 186 g/mol. The van der Waals surface area contributed by atoms with Crippen LogP contribution in [0.25, 0.3) is 0 Å². The Morgan fingerprint density at radius 1 is 1.14 bits per heavy atom. The van der Waals surface area contributed by atoms with Crippen molar-refractivity contribution in [1.82, 2.24) is 4.90 Å². The highest BCUT2D eigenvalue weighted by atomic mass is 15.3. The average molecular weight is 186 g/mol. The molecule has 1 aromatic carbocycles. The molecule has 2 atom stereocenters. The summed E-state index contributed by atoms with van der Waals surface area (Å²) < 4.78 is 0. The third-order valence-corrected chi connectivity index (χ3v) is 2.66. The first kappa shape index (κ1) is 11.3. The molecule has 0 aliphatic carbocycles. The van der Waals surface area contributed by atoms with E-state index in [0.717, 1.165) is 0 Å². The fourth-order valence-electron chi connectivity index (χ4n) is 1.84. The van der Waals surface area contributed by atoms with Crippen molar-refractivity contribution in [1.29, 1.82) is 0 Å². The molecule has 73 valence electrons. The molecule has 0 aromatic heterocycles. The molecule has 0 saturated carbocycles. The Hall–Kier alpha value is -0.755. The summed E-state index contributed by atoms with van der Waals surface area (Å²) in [7, 11) is 0. The van der Waals surface area contributed by atoms with Crippen molar-refractivity contribution >= 4 is 8.41 Å². The third-order valence-electron chi connectivity index (χ3n) is 2.66. The molecule has 1 saturated heterocycles. The van der Waals surface area contributed by atoms with Gasteiger partial charge in [-0.1, -0.05) is 30.3 Å². The quantitative estimate of drug-likeness (QED) is 0.480. The lowest BCUT2D eigenvalue weighted by Crippen LogP contribution is -2.25. The maximum Gasteiger partial charge on any atom is 0.0481 e. The standard InChI is InChI=1S/C12H17N.B/c1-12(2,3)13-9-11(13)10-7-5-4-6-8-10;/h4-8,11H,9H2,1-3H3;. The third kappa shape index (κ3) is 2.18. The van der Waals surface area contributed by atoms with Gasteiger partial charge in [-0.15, -0.1) is 0 Å². The first-order chi connectivity index (χ1) is 6.09. The van der Waals surface area contributed by atoms with Gasteiger partial charge in [-0.25, -0.2) is 0 Å².